The molecule has 0 bridgehead atoms. The summed E-state index contributed by atoms with van der Waals surface area (Å²) in [6, 6.07) is 2.73. The van der Waals surface area contributed by atoms with Crippen molar-refractivity contribution in [3.8, 4) is 11.5 Å². The Labute approximate surface area is 142 Å². The Morgan fingerprint density at radius 2 is 1.52 bits per heavy atom. The van der Waals surface area contributed by atoms with Gasteiger partial charge in [-0.15, -0.1) is 0 Å². The number of halogens is 1. The highest BCUT2D eigenvalue weighted by atomic mass is 79.9. The third kappa shape index (κ3) is 5.13. The van der Waals surface area contributed by atoms with Crippen LogP contribution in [-0.4, -0.2) is 38.0 Å². The first-order chi connectivity index (χ1) is 10.8. The van der Waals surface area contributed by atoms with Crippen LogP contribution in [-0.2, 0) is 9.59 Å². The fourth-order valence-corrected chi connectivity index (χ4v) is 2.12. The second-order valence-corrected chi connectivity index (χ2v) is 5.52. The minimum absolute atomic E-state index is 0.187. The maximum atomic E-state index is 12.1. The van der Waals surface area contributed by atoms with Crippen molar-refractivity contribution in [2.45, 2.75) is 19.9 Å². The summed E-state index contributed by atoms with van der Waals surface area (Å²) in [5.74, 6) is -1.66. The van der Waals surface area contributed by atoms with E-state index in [1.807, 2.05) is 5.43 Å². The molecule has 9 heteroatoms. The molecule has 0 spiro atoms. The normalized spacial score (nSPS) is 10.0. The molecule has 0 saturated carbocycles. The molecular weight excluding hydrogens is 370 g/mol. The van der Waals surface area contributed by atoms with E-state index in [1.54, 1.807) is 13.8 Å². The Hall–Kier alpha value is -2.29. The van der Waals surface area contributed by atoms with Crippen molar-refractivity contribution < 1.29 is 23.9 Å². The summed E-state index contributed by atoms with van der Waals surface area (Å²) in [4.78, 5) is 35.0. The average Bonchev–Trinajstić information content (AvgIpc) is 2.51. The summed E-state index contributed by atoms with van der Waals surface area (Å²) < 4.78 is 10.8. The minimum Gasteiger partial charge on any atom is -0.495 e. The number of hydrazine groups is 1. The third-order valence-corrected chi connectivity index (χ3v) is 3.41. The van der Waals surface area contributed by atoms with Crippen LogP contribution in [0.25, 0.3) is 0 Å². The van der Waals surface area contributed by atoms with Gasteiger partial charge in [0, 0.05) is 11.6 Å². The van der Waals surface area contributed by atoms with Crippen LogP contribution >= 0.6 is 15.9 Å². The van der Waals surface area contributed by atoms with Crippen LogP contribution in [0.2, 0.25) is 0 Å². The molecule has 0 fully saturated rings. The van der Waals surface area contributed by atoms with Crippen molar-refractivity contribution >= 4 is 33.7 Å². The molecule has 1 aromatic carbocycles. The van der Waals surface area contributed by atoms with Gasteiger partial charge >= 0.3 is 11.8 Å². The zero-order chi connectivity index (χ0) is 17.6. The maximum Gasteiger partial charge on any atom is 0.327 e. The fourth-order valence-electron chi connectivity index (χ4n) is 1.57. The van der Waals surface area contributed by atoms with Crippen LogP contribution < -0.4 is 25.6 Å². The number of rotatable bonds is 4. The molecular formula is C14H18BrN3O5. The first kappa shape index (κ1) is 18.8. The van der Waals surface area contributed by atoms with E-state index in [0.717, 1.165) is 0 Å². The summed E-state index contributed by atoms with van der Waals surface area (Å²) in [7, 11) is 2.89. The van der Waals surface area contributed by atoms with Gasteiger partial charge in [0.25, 0.3) is 5.91 Å². The van der Waals surface area contributed by atoms with Crippen LogP contribution in [0.1, 0.15) is 24.2 Å². The number of benzene rings is 1. The van der Waals surface area contributed by atoms with E-state index < -0.39 is 17.7 Å². The highest BCUT2D eigenvalue weighted by Crippen LogP contribution is 2.35. The summed E-state index contributed by atoms with van der Waals surface area (Å²) in [5, 5.41) is 2.40. The number of ether oxygens (including phenoxy) is 2. The van der Waals surface area contributed by atoms with E-state index in [4.69, 9.17) is 9.47 Å². The van der Waals surface area contributed by atoms with Gasteiger partial charge in [-0.25, -0.2) is 0 Å². The van der Waals surface area contributed by atoms with E-state index in [9.17, 15) is 14.4 Å². The summed E-state index contributed by atoms with van der Waals surface area (Å²) in [5.41, 5.74) is 4.37. The third-order valence-electron chi connectivity index (χ3n) is 2.62. The molecule has 3 N–H and O–H groups in total. The lowest BCUT2D eigenvalue weighted by Crippen LogP contribution is -2.49. The van der Waals surface area contributed by atoms with Crippen LogP contribution in [0.15, 0.2) is 16.6 Å². The molecule has 1 rings (SSSR count). The lowest BCUT2D eigenvalue weighted by atomic mass is 10.2. The number of hydrogen-bond donors (Lipinski definition) is 3. The second-order valence-electron chi connectivity index (χ2n) is 4.73. The van der Waals surface area contributed by atoms with Gasteiger partial charge in [-0.3, -0.25) is 25.2 Å². The van der Waals surface area contributed by atoms with Crippen molar-refractivity contribution in [3.05, 3.63) is 22.2 Å². The van der Waals surface area contributed by atoms with Crippen LogP contribution in [0, 0.1) is 0 Å². The molecule has 0 aromatic heterocycles. The predicted molar refractivity (Wildman–Crippen MR) is 86.1 cm³/mol. The highest BCUT2D eigenvalue weighted by Gasteiger charge is 2.18. The quantitative estimate of drug-likeness (QED) is 0.522. The average molecular weight is 388 g/mol. The van der Waals surface area contributed by atoms with Crippen molar-refractivity contribution in [1.29, 1.82) is 0 Å². The predicted octanol–water partition coefficient (Wildman–Crippen LogP) is 0.752. The zero-order valence-electron chi connectivity index (χ0n) is 13.2. The molecule has 8 nitrogen and oxygen atoms in total. The van der Waals surface area contributed by atoms with Gasteiger partial charge < -0.3 is 14.8 Å². The molecule has 0 heterocycles. The fraction of sp³-hybridized carbons (Fsp3) is 0.357. The number of hydrogen-bond acceptors (Lipinski definition) is 5. The molecule has 0 radical (unpaired) electrons. The summed E-state index contributed by atoms with van der Waals surface area (Å²) in [6.07, 6.45) is 0. The SMILES string of the molecule is COc1cc(C(=O)NNC(=O)C(=O)NC(C)C)cc(OC)c1Br. The number of methoxy groups -OCH3 is 2. The maximum absolute atomic E-state index is 12.1. The van der Waals surface area contributed by atoms with E-state index in [2.05, 4.69) is 26.7 Å². The molecule has 23 heavy (non-hydrogen) atoms. The first-order valence-electron chi connectivity index (χ1n) is 6.62. The Bertz CT molecular complexity index is 593. The second kappa shape index (κ2) is 8.37. The molecule has 1 aromatic rings. The van der Waals surface area contributed by atoms with E-state index in [-0.39, 0.29) is 11.6 Å². The summed E-state index contributed by atoms with van der Waals surface area (Å²) >= 11 is 3.28. The molecule has 0 aliphatic rings. The van der Waals surface area contributed by atoms with Crippen molar-refractivity contribution in [1.82, 2.24) is 16.2 Å². The van der Waals surface area contributed by atoms with E-state index in [1.165, 1.54) is 26.4 Å². The molecule has 126 valence electrons. The molecule has 0 atom stereocenters. The van der Waals surface area contributed by atoms with Crippen LogP contribution in [0.4, 0.5) is 0 Å². The Balaban J connectivity index is 2.79. The largest absolute Gasteiger partial charge is 0.495 e. The molecule has 3 amide bonds. The lowest BCUT2D eigenvalue weighted by molar-refractivity contribution is -0.139. The summed E-state index contributed by atoms with van der Waals surface area (Å²) in [6.45, 7) is 3.42. The lowest BCUT2D eigenvalue weighted by Gasteiger charge is -2.12. The molecule has 0 saturated heterocycles. The zero-order valence-corrected chi connectivity index (χ0v) is 14.7. The number of carbonyl (C=O) groups excluding carboxylic acids is 3. The van der Waals surface area contributed by atoms with E-state index >= 15 is 0 Å². The van der Waals surface area contributed by atoms with Gasteiger partial charge in [0.2, 0.25) is 0 Å². The van der Waals surface area contributed by atoms with Crippen LogP contribution in [0.5, 0.6) is 11.5 Å². The smallest absolute Gasteiger partial charge is 0.327 e. The molecule has 0 aliphatic heterocycles. The number of carbonyl (C=O) groups is 3. The van der Waals surface area contributed by atoms with Crippen molar-refractivity contribution in [2.24, 2.45) is 0 Å². The minimum atomic E-state index is -0.969. The number of amides is 3. The van der Waals surface area contributed by atoms with Crippen molar-refractivity contribution in [2.75, 3.05) is 14.2 Å². The van der Waals surface area contributed by atoms with Gasteiger partial charge in [-0.05, 0) is 41.9 Å². The van der Waals surface area contributed by atoms with Gasteiger partial charge in [0.1, 0.15) is 16.0 Å². The van der Waals surface area contributed by atoms with Gasteiger partial charge in [-0.2, -0.15) is 0 Å². The monoisotopic (exact) mass is 387 g/mol. The van der Waals surface area contributed by atoms with E-state index in [0.29, 0.717) is 16.0 Å². The van der Waals surface area contributed by atoms with Gasteiger partial charge in [0.05, 0.1) is 14.2 Å². The number of nitrogens with one attached hydrogen (secondary N) is 3. The van der Waals surface area contributed by atoms with Gasteiger partial charge in [0.15, 0.2) is 0 Å². The molecule has 0 aliphatic carbocycles. The molecule has 0 unspecified atom stereocenters. The van der Waals surface area contributed by atoms with Gasteiger partial charge in [-0.1, -0.05) is 0 Å². The first-order valence-corrected chi connectivity index (χ1v) is 7.42. The van der Waals surface area contributed by atoms with Crippen molar-refractivity contribution in [3.63, 3.8) is 0 Å². The Kier molecular flexibility index (Phi) is 6.83. The standard InChI is InChI=1S/C14H18BrN3O5/c1-7(2)16-13(20)14(21)18-17-12(19)8-5-9(22-3)11(15)10(6-8)23-4/h5-7H,1-4H3,(H,16,20)(H,17,19)(H,18,21). The highest BCUT2D eigenvalue weighted by molar-refractivity contribution is 9.10. The topological polar surface area (TPSA) is 106 Å². The Morgan fingerprint density at radius 3 is 1.96 bits per heavy atom. The Morgan fingerprint density at radius 1 is 1.00 bits per heavy atom. The van der Waals surface area contributed by atoms with Crippen LogP contribution in [0.3, 0.4) is 0 Å².